The molecule has 2 heterocycles. The SMILES string of the molecule is CS(=O)(=O)CCC(NS(=O)(=O)N1CCC(Oc2ccccc2-c2ccccc2)CC1)C(=O)N1CCCC1C(=O)NC(C=O)CCCN=C(N)N. The number of para-hydroxylation sites is 1. The normalized spacial score (nSPS) is 18.6. The first kappa shape index (κ1) is 38.7. The molecule has 6 N–H and O–H groups in total. The number of ether oxygens (including phenoxy) is 1. The van der Waals surface area contributed by atoms with Crippen molar-refractivity contribution in [3.05, 3.63) is 54.6 Å². The molecule has 0 aromatic heterocycles. The molecule has 2 aliphatic heterocycles. The Morgan fingerprint density at radius 2 is 1.66 bits per heavy atom. The molecule has 2 aliphatic rings. The summed E-state index contributed by atoms with van der Waals surface area (Å²) in [6.07, 6.45) is 3.26. The number of amides is 2. The van der Waals surface area contributed by atoms with Gasteiger partial charge in [-0.05, 0) is 56.6 Å². The van der Waals surface area contributed by atoms with Crippen LogP contribution in [0.5, 0.6) is 5.75 Å². The fourth-order valence-electron chi connectivity index (χ4n) is 6.09. The van der Waals surface area contributed by atoms with E-state index in [0.29, 0.717) is 44.1 Å². The maximum Gasteiger partial charge on any atom is 0.280 e. The van der Waals surface area contributed by atoms with Crippen LogP contribution in [0.25, 0.3) is 11.1 Å². The largest absolute Gasteiger partial charge is 0.490 e. The molecule has 0 saturated carbocycles. The number of hydrogen-bond acceptors (Lipinski definition) is 9. The van der Waals surface area contributed by atoms with E-state index in [1.807, 2.05) is 54.6 Å². The highest BCUT2D eigenvalue weighted by Crippen LogP contribution is 2.32. The minimum Gasteiger partial charge on any atom is -0.490 e. The van der Waals surface area contributed by atoms with Crippen LogP contribution in [-0.4, -0.2) is 113 Å². The third kappa shape index (κ3) is 11.2. The van der Waals surface area contributed by atoms with Crippen molar-refractivity contribution in [2.75, 3.05) is 38.2 Å². The van der Waals surface area contributed by atoms with Gasteiger partial charge in [0.2, 0.25) is 11.8 Å². The van der Waals surface area contributed by atoms with Crippen LogP contribution in [0.4, 0.5) is 0 Å². The molecule has 2 fully saturated rings. The summed E-state index contributed by atoms with van der Waals surface area (Å²) in [5.74, 6) is -1.11. The van der Waals surface area contributed by atoms with Gasteiger partial charge in [0.1, 0.15) is 40.1 Å². The lowest BCUT2D eigenvalue weighted by molar-refractivity contribution is -0.140. The summed E-state index contributed by atoms with van der Waals surface area (Å²) in [7, 11) is -7.80. The van der Waals surface area contributed by atoms with Gasteiger partial charge in [-0.3, -0.25) is 14.6 Å². The molecule has 50 heavy (non-hydrogen) atoms. The molecule has 17 heteroatoms. The zero-order valence-corrected chi connectivity index (χ0v) is 29.8. The standard InChI is InChI=1S/C33H47N7O8S2/c1-49(44,45)22-17-28(32(43)40-19-8-13-29(40)31(42)37-25(23-41)11-7-18-36-33(34)35)38-50(46,47)39-20-15-26(16-21-39)48-30-14-6-5-12-27(30)24-9-3-2-4-10-24/h2-6,9-10,12,14,23,25-26,28-29,38H,7-8,11,13,15-22H2,1H3,(H,37,42)(H4,34,35,36). The fraction of sp³-hybridized carbons (Fsp3) is 0.515. The number of guanidine groups is 1. The Balaban J connectivity index is 1.40. The predicted octanol–water partition coefficient (Wildman–Crippen LogP) is 0.563. The molecular formula is C33H47N7O8S2. The second-order valence-corrected chi connectivity index (χ2v) is 16.5. The lowest BCUT2D eigenvalue weighted by Gasteiger charge is -2.34. The van der Waals surface area contributed by atoms with Crippen LogP contribution in [0.3, 0.4) is 0 Å². The van der Waals surface area contributed by atoms with Crippen molar-refractivity contribution in [2.45, 2.75) is 69.2 Å². The fourth-order valence-corrected chi connectivity index (χ4v) is 8.17. The van der Waals surface area contributed by atoms with E-state index in [9.17, 15) is 31.2 Å². The van der Waals surface area contributed by atoms with Crippen LogP contribution in [0.1, 0.15) is 44.9 Å². The van der Waals surface area contributed by atoms with Crippen molar-refractivity contribution >= 4 is 44.1 Å². The van der Waals surface area contributed by atoms with Gasteiger partial charge in [0.15, 0.2) is 5.96 Å². The smallest absolute Gasteiger partial charge is 0.280 e. The van der Waals surface area contributed by atoms with Crippen molar-refractivity contribution in [3.8, 4) is 16.9 Å². The number of carbonyl (C=O) groups is 3. The topological polar surface area (TPSA) is 224 Å². The predicted molar refractivity (Wildman–Crippen MR) is 190 cm³/mol. The number of piperidine rings is 1. The van der Waals surface area contributed by atoms with Crippen molar-refractivity contribution in [2.24, 2.45) is 16.5 Å². The van der Waals surface area contributed by atoms with E-state index in [0.717, 1.165) is 17.4 Å². The molecule has 0 bridgehead atoms. The summed E-state index contributed by atoms with van der Waals surface area (Å²) < 4.78 is 61.4. The van der Waals surface area contributed by atoms with Crippen LogP contribution in [-0.2, 0) is 34.4 Å². The second-order valence-electron chi connectivity index (χ2n) is 12.6. The average molecular weight is 734 g/mol. The summed E-state index contributed by atoms with van der Waals surface area (Å²) in [6.45, 7) is 0.667. The minimum absolute atomic E-state index is 0.0861. The van der Waals surface area contributed by atoms with E-state index >= 15 is 0 Å². The minimum atomic E-state index is -4.24. The average Bonchev–Trinajstić information content (AvgIpc) is 3.58. The highest BCUT2D eigenvalue weighted by Gasteiger charge is 2.40. The number of carbonyl (C=O) groups excluding carboxylic acids is 3. The van der Waals surface area contributed by atoms with Crippen LogP contribution < -0.4 is 26.2 Å². The Bertz CT molecular complexity index is 1710. The van der Waals surface area contributed by atoms with Gasteiger partial charge in [-0.15, -0.1) is 0 Å². The molecule has 2 saturated heterocycles. The first-order valence-corrected chi connectivity index (χ1v) is 20.1. The Labute approximate surface area is 293 Å². The molecule has 4 rings (SSSR count). The molecule has 0 radical (unpaired) electrons. The molecule has 0 aliphatic carbocycles. The van der Waals surface area contributed by atoms with Crippen LogP contribution in [0, 0.1) is 0 Å². The quantitative estimate of drug-likeness (QED) is 0.0765. The second kappa shape index (κ2) is 17.7. The first-order valence-electron chi connectivity index (χ1n) is 16.6. The van der Waals surface area contributed by atoms with Crippen molar-refractivity contribution < 1.29 is 36.0 Å². The van der Waals surface area contributed by atoms with E-state index in [1.54, 1.807) is 0 Å². The molecule has 2 aromatic carbocycles. The van der Waals surface area contributed by atoms with E-state index < -0.39 is 55.7 Å². The van der Waals surface area contributed by atoms with Gasteiger partial charge in [0, 0.05) is 38.0 Å². The molecule has 2 aromatic rings. The third-order valence-electron chi connectivity index (χ3n) is 8.67. The third-order valence-corrected chi connectivity index (χ3v) is 11.3. The summed E-state index contributed by atoms with van der Waals surface area (Å²) >= 11 is 0. The molecule has 15 nitrogen and oxygen atoms in total. The van der Waals surface area contributed by atoms with Crippen molar-refractivity contribution in [1.82, 2.24) is 19.2 Å². The maximum absolute atomic E-state index is 13.8. The summed E-state index contributed by atoms with van der Waals surface area (Å²) in [5.41, 5.74) is 12.6. The molecule has 3 unspecified atom stereocenters. The van der Waals surface area contributed by atoms with E-state index in [-0.39, 0.29) is 51.1 Å². The van der Waals surface area contributed by atoms with Gasteiger partial charge in [-0.1, -0.05) is 48.5 Å². The van der Waals surface area contributed by atoms with Gasteiger partial charge in [0.25, 0.3) is 10.2 Å². The summed E-state index contributed by atoms with van der Waals surface area (Å²) in [6, 6.07) is 14.2. The van der Waals surface area contributed by atoms with Crippen LogP contribution >= 0.6 is 0 Å². The number of aldehydes is 1. The number of likely N-dealkylation sites (tertiary alicyclic amines) is 1. The number of rotatable bonds is 17. The Morgan fingerprint density at radius 1 is 0.980 bits per heavy atom. The monoisotopic (exact) mass is 733 g/mol. The van der Waals surface area contributed by atoms with Crippen molar-refractivity contribution in [3.63, 3.8) is 0 Å². The number of nitrogens with zero attached hydrogens (tertiary/aromatic N) is 3. The highest BCUT2D eigenvalue weighted by molar-refractivity contribution is 7.90. The summed E-state index contributed by atoms with van der Waals surface area (Å²) in [4.78, 5) is 43.8. The number of nitrogens with two attached hydrogens (primary N) is 2. The van der Waals surface area contributed by atoms with Crippen LogP contribution in [0.15, 0.2) is 59.6 Å². The van der Waals surface area contributed by atoms with E-state index in [1.165, 1.54) is 9.21 Å². The zero-order chi connectivity index (χ0) is 36.3. The lowest BCUT2D eigenvalue weighted by Crippen LogP contribution is -2.57. The zero-order valence-electron chi connectivity index (χ0n) is 28.1. The molecular weight excluding hydrogens is 687 g/mol. The molecule has 2 amide bonds. The Morgan fingerprint density at radius 3 is 2.32 bits per heavy atom. The number of aliphatic imine (C=N–C) groups is 1. The molecule has 0 spiro atoms. The van der Waals surface area contributed by atoms with Gasteiger partial charge in [0.05, 0.1) is 11.8 Å². The number of sulfone groups is 1. The van der Waals surface area contributed by atoms with Crippen molar-refractivity contribution in [1.29, 1.82) is 0 Å². The van der Waals surface area contributed by atoms with Gasteiger partial charge in [-0.2, -0.15) is 17.4 Å². The van der Waals surface area contributed by atoms with Gasteiger partial charge in [-0.25, -0.2) is 8.42 Å². The van der Waals surface area contributed by atoms with E-state index in [4.69, 9.17) is 16.2 Å². The van der Waals surface area contributed by atoms with Gasteiger partial charge < -0.3 is 31.2 Å². The number of nitrogens with one attached hydrogen (secondary N) is 2. The highest BCUT2D eigenvalue weighted by atomic mass is 32.2. The molecule has 3 atom stereocenters. The Hall–Kier alpha value is -4.06. The Kier molecular flexibility index (Phi) is 13.7. The molecule has 274 valence electrons. The maximum atomic E-state index is 13.8. The first-order chi connectivity index (χ1) is 23.8. The van der Waals surface area contributed by atoms with Crippen LogP contribution in [0.2, 0.25) is 0 Å². The lowest BCUT2D eigenvalue weighted by atomic mass is 10.0. The number of hydrogen-bond donors (Lipinski definition) is 4. The van der Waals surface area contributed by atoms with E-state index in [2.05, 4.69) is 15.0 Å². The number of benzene rings is 2. The van der Waals surface area contributed by atoms with Gasteiger partial charge >= 0.3 is 0 Å². The summed E-state index contributed by atoms with van der Waals surface area (Å²) in [5, 5.41) is 2.64.